The van der Waals surface area contributed by atoms with E-state index in [1.165, 1.54) is 6.26 Å². The molecule has 2 N–H and O–H groups in total. The summed E-state index contributed by atoms with van der Waals surface area (Å²) in [5.74, 6) is -0.434. The van der Waals surface area contributed by atoms with Crippen LogP contribution in [-0.4, -0.2) is 17.9 Å². The lowest BCUT2D eigenvalue weighted by molar-refractivity contribution is -0.124. The SMILES string of the molecule is Cc1ccccc1CNC(=O)[C@@H](NC(=O)c1ccco1)C(C)C. The highest BCUT2D eigenvalue weighted by Gasteiger charge is 2.25. The van der Waals surface area contributed by atoms with E-state index < -0.39 is 6.04 Å². The molecule has 0 radical (unpaired) electrons. The topological polar surface area (TPSA) is 71.3 Å². The molecule has 5 nitrogen and oxygen atoms in total. The van der Waals surface area contributed by atoms with Gasteiger partial charge >= 0.3 is 0 Å². The number of aryl methyl sites for hydroxylation is 1. The van der Waals surface area contributed by atoms with E-state index in [-0.39, 0.29) is 23.5 Å². The highest BCUT2D eigenvalue weighted by atomic mass is 16.3. The lowest BCUT2D eigenvalue weighted by Gasteiger charge is -2.21. The van der Waals surface area contributed by atoms with Crippen molar-refractivity contribution in [3.05, 3.63) is 59.5 Å². The van der Waals surface area contributed by atoms with E-state index in [0.717, 1.165) is 11.1 Å². The zero-order chi connectivity index (χ0) is 16.8. The average Bonchev–Trinajstić information content (AvgIpc) is 3.05. The second-order valence-electron chi connectivity index (χ2n) is 5.82. The molecule has 2 aromatic rings. The summed E-state index contributed by atoms with van der Waals surface area (Å²) in [7, 11) is 0. The van der Waals surface area contributed by atoms with Crippen LogP contribution in [0.15, 0.2) is 47.1 Å². The van der Waals surface area contributed by atoms with Gasteiger partial charge < -0.3 is 15.1 Å². The molecular weight excluding hydrogens is 292 g/mol. The molecule has 0 aliphatic heterocycles. The summed E-state index contributed by atoms with van der Waals surface area (Å²) in [5, 5.41) is 5.61. The molecule has 1 aromatic heterocycles. The van der Waals surface area contributed by atoms with Crippen molar-refractivity contribution in [3.8, 4) is 0 Å². The second kappa shape index (κ2) is 7.63. The number of hydrogen-bond donors (Lipinski definition) is 2. The molecule has 5 heteroatoms. The first kappa shape index (κ1) is 16.8. The predicted molar refractivity (Wildman–Crippen MR) is 87.8 cm³/mol. The summed E-state index contributed by atoms with van der Waals surface area (Å²) in [4.78, 5) is 24.5. The van der Waals surface area contributed by atoms with Gasteiger partial charge in [-0.1, -0.05) is 38.1 Å². The number of benzene rings is 1. The zero-order valence-electron chi connectivity index (χ0n) is 13.6. The van der Waals surface area contributed by atoms with E-state index in [1.54, 1.807) is 12.1 Å². The van der Waals surface area contributed by atoms with Crippen LogP contribution < -0.4 is 10.6 Å². The van der Waals surface area contributed by atoms with Gasteiger partial charge in [0.05, 0.1) is 6.26 Å². The summed E-state index contributed by atoms with van der Waals surface area (Å²) in [5.41, 5.74) is 2.18. The van der Waals surface area contributed by atoms with Crippen LogP contribution in [0.4, 0.5) is 0 Å². The third-order valence-electron chi connectivity index (χ3n) is 3.70. The highest BCUT2D eigenvalue weighted by Crippen LogP contribution is 2.09. The number of rotatable bonds is 6. The van der Waals surface area contributed by atoms with Gasteiger partial charge in [-0.25, -0.2) is 0 Å². The minimum absolute atomic E-state index is 0.0363. The van der Waals surface area contributed by atoms with Crippen molar-refractivity contribution in [2.45, 2.75) is 33.4 Å². The molecule has 122 valence electrons. The maximum atomic E-state index is 12.4. The van der Waals surface area contributed by atoms with Crippen LogP contribution in [0, 0.1) is 12.8 Å². The molecule has 1 atom stereocenters. The number of amides is 2. The van der Waals surface area contributed by atoms with Gasteiger partial charge in [0.2, 0.25) is 5.91 Å². The van der Waals surface area contributed by atoms with Crippen LogP contribution in [0.5, 0.6) is 0 Å². The number of carbonyl (C=O) groups is 2. The van der Waals surface area contributed by atoms with E-state index in [9.17, 15) is 9.59 Å². The Bertz CT molecular complexity index is 663. The fraction of sp³-hybridized carbons (Fsp3) is 0.333. The monoisotopic (exact) mass is 314 g/mol. The Morgan fingerprint density at radius 2 is 1.87 bits per heavy atom. The van der Waals surface area contributed by atoms with Crippen molar-refractivity contribution in [2.75, 3.05) is 0 Å². The van der Waals surface area contributed by atoms with Crippen LogP contribution in [0.25, 0.3) is 0 Å². The summed E-state index contributed by atoms with van der Waals surface area (Å²) in [6.07, 6.45) is 1.43. The molecule has 0 unspecified atom stereocenters. The molecular formula is C18H22N2O3. The predicted octanol–water partition coefficient (Wildman–Crippen LogP) is 2.66. The summed E-state index contributed by atoms with van der Waals surface area (Å²) < 4.78 is 5.06. The van der Waals surface area contributed by atoms with Gasteiger partial charge in [0, 0.05) is 6.54 Å². The Hall–Kier alpha value is -2.56. The van der Waals surface area contributed by atoms with Crippen molar-refractivity contribution in [1.29, 1.82) is 0 Å². The molecule has 0 spiro atoms. The molecule has 0 saturated heterocycles. The zero-order valence-corrected chi connectivity index (χ0v) is 13.6. The smallest absolute Gasteiger partial charge is 0.287 e. The average molecular weight is 314 g/mol. The number of hydrogen-bond acceptors (Lipinski definition) is 3. The number of nitrogens with one attached hydrogen (secondary N) is 2. The minimum atomic E-state index is -0.614. The Morgan fingerprint density at radius 1 is 1.13 bits per heavy atom. The molecule has 0 aliphatic carbocycles. The second-order valence-corrected chi connectivity index (χ2v) is 5.82. The Morgan fingerprint density at radius 3 is 2.48 bits per heavy atom. The van der Waals surface area contributed by atoms with Gasteiger partial charge in [0.1, 0.15) is 6.04 Å². The molecule has 23 heavy (non-hydrogen) atoms. The lowest BCUT2D eigenvalue weighted by atomic mass is 10.0. The van der Waals surface area contributed by atoms with Crippen molar-refractivity contribution < 1.29 is 14.0 Å². The van der Waals surface area contributed by atoms with Gasteiger partial charge in [0.15, 0.2) is 5.76 Å². The molecule has 0 saturated carbocycles. The van der Waals surface area contributed by atoms with E-state index in [0.29, 0.717) is 6.54 Å². The molecule has 1 aromatic carbocycles. The van der Waals surface area contributed by atoms with Crippen LogP contribution >= 0.6 is 0 Å². The Balaban J connectivity index is 1.98. The van der Waals surface area contributed by atoms with Gasteiger partial charge in [-0.15, -0.1) is 0 Å². The van der Waals surface area contributed by atoms with Crippen LogP contribution in [0.2, 0.25) is 0 Å². The summed E-state index contributed by atoms with van der Waals surface area (Å²) in [6, 6.07) is 10.5. The van der Waals surface area contributed by atoms with E-state index in [4.69, 9.17) is 4.42 Å². The van der Waals surface area contributed by atoms with E-state index >= 15 is 0 Å². The number of furan rings is 1. The first-order valence-electron chi connectivity index (χ1n) is 7.65. The van der Waals surface area contributed by atoms with Gasteiger partial charge in [-0.05, 0) is 36.1 Å². The normalized spacial score (nSPS) is 12.0. The first-order chi connectivity index (χ1) is 11.0. The minimum Gasteiger partial charge on any atom is -0.459 e. The molecule has 0 bridgehead atoms. The Kier molecular flexibility index (Phi) is 5.57. The maximum absolute atomic E-state index is 12.4. The molecule has 2 rings (SSSR count). The standard InChI is InChI=1S/C18H22N2O3/c1-12(2)16(20-17(21)15-9-6-10-23-15)18(22)19-11-14-8-5-4-7-13(14)3/h4-10,12,16H,11H2,1-3H3,(H,19,22)(H,20,21)/t16-/m0/s1. The summed E-state index contributed by atoms with van der Waals surface area (Å²) in [6.45, 7) is 6.21. The van der Waals surface area contributed by atoms with Crippen molar-refractivity contribution in [1.82, 2.24) is 10.6 Å². The molecule has 2 amide bonds. The largest absolute Gasteiger partial charge is 0.459 e. The van der Waals surface area contributed by atoms with Gasteiger partial charge in [-0.3, -0.25) is 9.59 Å². The van der Waals surface area contributed by atoms with Crippen molar-refractivity contribution >= 4 is 11.8 Å². The van der Waals surface area contributed by atoms with Crippen molar-refractivity contribution in [2.24, 2.45) is 5.92 Å². The summed E-state index contributed by atoms with van der Waals surface area (Å²) >= 11 is 0. The highest BCUT2D eigenvalue weighted by molar-refractivity contribution is 5.95. The van der Waals surface area contributed by atoms with E-state index in [2.05, 4.69) is 10.6 Å². The van der Waals surface area contributed by atoms with Crippen molar-refractivity contribution in [3.63, 3.8) is 0 Å². The van der Waals surface area contributed by atoms with Crippen LogP contribution in [0.3, 0.4) is 0 Å². The third-order valence-corrected chi connectivity index (χ3v) is 3.70. The molecule has 0 fully saturated rings. The van der Waals surface area contributed by atoms with E-state index in [1.807, 2.05) is 45.0 Å². The fourth-order valence-corrected chi connectivity index (χ4v) is 2.26. The Labute approximate surface area is 136 Å². The fourth-order valence-electron chi connectivity index (χ4n) is 2.26. The van der Waals surface area contributed by atoms with Gasteiger partial charge in [-0.2, -0.15) is 0 Å². The maximum Gasteiger partial charge on any atom is 0.287 e. The first-order valence-corrected chi connectivity index (χ1v) is 7.65. The van der Waals surface area contributed by atoms with Crippen LogP contribution in [-0.2, 0) is 11.3 Å². The quantitative estimate of drug-likeness (QED) is 0.861. The van der Waals surface area contributed by atoms with Gasteiger partial charge in [0.25, 0.3) is 5.91 Å². The number of carbonyl (C=O) groups excluding carboxylic acids is 2. The third kappa shape index (κ3) is 4.45. The lowest BCUT2D eigenvalue weighted by Crippen LogP contribution is -2.49. The molecule has 0 aliphatic rings. The molecule has 1 heterocycles. The van der Waals surface area contributed by atoms with Crippen LogP contribution in [0.1, 0.15) is 35.5 Å².